The number of piperidine rings is 1. The van der Waals surface area contributed by atoms with Crippen molar-refractivity contribution in [2.45, 2.75) is 128 Å². The Labute approximate surface area is 501 Å². The number of fused-ring (bicyclic) bond motifs is 10. The van der Waals surface area contributed by atoms with Crippen molar-refractivity contribution < 1.29 is 43.3 Å². The van der Waals surface area contributed by atoms with Crippen molar-refractivity contribution in [2.75, 3.05) is 33.8 Å². The van der Waals surface area contributed by atoms with Crippen LogP contribution in [0.25, 0.3) is 66.9 Å². The Morgan fingerprint density at radius 3 is 2.16 bits per heavy atom. The standard InChI is InChI=1S/C67H71N11O9/c1-9-42-32(2)47-31-54-56(36(6)79)34(4)49(70-54)29-48-33(3)43(60(71-48)58-59(66(84)86-8)62(81)57-35(5)50(72-61(57)58)30-51(42)69-47)18-21-55(80)68-24-10-11-46(65(82)83)77-67(85)87-41-16-12-38(13-17-41)63-73-45-20-15-40(28-53(45)75-63)64-74-44-19-14-39(27-52(44)76-64)37-22-25-78(7)26-23-37/h12-17,19-20,27-33,37,42-43,46,59,70,72H,9-11,18,21-26H2,1-8H3,(H,68,80)(H,73,75)(H,74,76)(H,77,85)(H,82,83)/t32-,33+,42-,43+,46?,59?/m1/s1. The number of ketones is 2. The van der Waals surface area contributed by atoms with Crippen molar-refractivity contribution in [3.8, 4) is 28.5 Å². The van der Waals surface area contributed by atoms with Gasteiger partial charge in [0.1, 0.15) is 29.4 Å². The van der Waals surface area contributed by atoms with Crippen LogP contribution in [-0.2, 0) is 19.1 Å². The van der Waals surface area contributed by atoms with Gasteiger partial charge in [0.25, 0.3) is 0 Å². The number of aromatic nitrogens is 8. The molecule has 6 atom stereocenters. The predicted octanol–water partition coefficient (Wildman–Crippen LogP) is 11.6. The van der Waals surface area contributed by atoms with Crippen molar-refractivity contribution in [1.82, 2.24) is 55.4 Å². The summed E-state index contributed by atoms with van der Waals surface area (Å²) in [5, 5.41) is 15.4. The summed E-state index contributed by atoms with van der Waals surface area (Å²) >= 11 is 0. The number of rotatable bonds is 16. The molecule has 12 rings (SSSR count). The van der Waals surface area contributed by atoms with Crippen LogP contribution in [0.2, 0.25) is 0 Å². The molecule has 20 heteroatoms. The quantitative estimate of drug-likeness (QED) is 0.0205. The molecular formula is C67H71N11O9. The molecule has 1 aliphatic carbocycles. The molecule has 1 fully saturated rings. The lowest BCUT2D eigenvalue weighted by Crippen LogP contribution is -2.42. The van der Waals surface area contributed by atoms with Crippen molar-refractivity contribution in [1.29, 1.82) is 0 Å². The van der Waals surface area contributed by atoms with E-state index in [4.69, 9.17) is 29.4 Å². The number of benzene rings is 3. The van der Waals surface area contributed by atoms with Crippen LogP contribution < -0.4 is 15.4 Å². The highest BCUT2D eigenvalue weighted by Crippen LogP contribution is 2.49. The Kier molecular flexibility index (Phi) is 15.7. The second-order valence-corrected chi connectivity index (χ2v) is 23.9. The fraction of sp³-hybridized carbons (Fsp3) is 0.373. The van der Waals surface area contributed by atoms with Gasteiger partial charge in [-0.05, 0) is 175 Å². The summed E-state index contributed by atoms with van der Waals surface area (Å²) in [6.45, 7) is 13.8. The number of likely N-dealkylation sites (tertiary alicyclic amines) is 1. The molecular weight excluding hydrogens is 1100 g/mol. The van der Waals surface area contributed by atoms with Gasteiger partial charge < -0.3 is 50.0 Å². The summed E-state index contributed by atoms with van der Waals surface area (Å²) in [6.07, 6.45) is 2.63. The first kappa shape index (κ1) is 58.1. The second kappa shape index (κ2) is 23.5. The first-order valence-corrected chi connectivity index (χ1v) is 30.0. The monoisotopic (exact) mass is 1170 g/mol. The van der Waals surface area contributed by atoms with Crippen molar-refractivity contribution in [2.24, 2.45) is 0 Å². The topological polar surface area (TPSA) is 283 Å². The number of carboxylic acids is 1. The van der Waals surface area contributed by atoms with Crippen molar-refractivity contribution in [3.05, 3.63) is 135 Å². The molecule has 3 aliphatic heterocycles. The van der Waals surface area contributed by atoms with Gasteiger partial charge >= 0.3 is 18.0 Å². The molecule has 2 amide bonds. The summed E-state index contributed by atoms with van der Waals surface area (Å²) in [5.41, 5.74) is 14.5. The van der Waals surface area contributed by atoms with E-state index >= 15 is 0 Å². The number of amides is 2. The van der Waals surface area contributed by atoms with Gasteiger partial charge in [0.15, 0.2) is 11.6 Å². The highest BCUT2D eigenvalue weighted by molar-refractivity contribution is 6.23. The molecule has 7 N–H and O–H groups in total. The molecule has 4 aliphatic rings. The molecule has 8 bridgehead atoms. The highest BCUT2D eigenvalue weighted by atomic mass is 16.6. The van der Waals surface area contributed by atoms with Gasteiger partial charge in [0, 0.05) is 92.6 Å². The number of aliphatic carboxylic acids is 1. The highest BCUT2D eigenvalue weighted by Gasteiger charge is 2.45. The number of aromatic amines is 4. The number of aryl methyl sites for hydroxylation is 2. The Morgan fingerprint density at radius 1 is 0.747 bits per heavy atom. The number of ether oxygens (including phenoxy) is 2. The third-order valence-corrected chi connectivity index (χ3v) is 18.5. The number of methoxy groups -OCH3 is 1. The molecule has 5 aromatic heterocycles. The van der Waals surface area contributed by atoms with E-state index in [1.54, 1.807) is 31.2 Å². The third-order valence-electron chi connectivity index (χ3n) is 18.5. The first-order valence-electron chi connectivity index (χ1n) is 30.0. The molecule has 0 saturated carbocycles. The third kappa shape index (κ3) is 11.1. The number of carboxylic acid groups (broad SMARTS) is 1. The minimum Gasteiger partial charge on any atom is -0.480 e. The number of carbonyl (C=O) groups is 6. The lowest BCUT2D eigenvalue weighted by Gasteiger charge is -2.29. The van der Waals surface area contributed by atoms with Crippen LogP contribution in [0.5, 0.6) is 5.75 Å². The maximum atomic E-state index is 14.5. The average molecular weight is 1170 g/mol. The number of esters is 1. The molecule has 2 unspecified atom stereocenters. The summed E-state index contributed by atoms with van der Waals surface area (Å²) in [7, 11) is 3.42. The van der Waals surface area contributed by atoms with Crippen LogP contribution in [0.3, 0.4) is 0 Å². The maximum absolute atomic E-state index is 14.5. The van der Waals surface area contributed by atoms with E-state index < -0.39 is 41.7 Å². The smallest absolute Gasteiger partial charge is 0.413 e. The number of imidazole rings is 2. The zero-order valence-corrected chi connectivity index (χ0v) is 50.1. The zero-order valence-electron chi connectivity index (χ0n) is 50.1. The van der Waals surface area contributed by atoms with Crippen molar-refractivity contribution in [3.63, 3.8) is 0 Å². The Balaban J connectivity index is 0.699. The molecule has 0 radical (unpaired) electrons. The summed E-state index contributed by atoms with van der Waals surface area (Å²) in [5.74, 6) is -2.69. The summed E-state index contributed by atoms with van der Waals surface area (Å²) in [4.78, 5) is 117. The van der Waals surface area contributed by atoms with Gasteiger partial charge in [0.05, 0.1) is 45.9 Å². The number of nitrogens with one attached hydrogen (secondary N) is 6. The van der Waals surface area contributed by atoms with Gasteiger partial charge in [-0.1, -0.05) is 26.8 Å². The molecule has 87 heavy (non-hydrogen) atoms. The normalized spacial score (nSPS) is 18.9. The molecule has 1 saturated heterocycles. The van der Waals surface area contributed by atoms with E-state index in [2.05, 4.69) is 74.6 Å². The molecule has 20 nitrogen and oxygen atoms in total. The zero-order chi connectivity index (χ0) is 61.1. The second-order valence-electron chi connectivity index (χ2n) is 23.9. The van der Waals surface area contributed by atoms with Crippen LogP contribution >= 0.6 is 0 Å². The van der Waals surface area contributed by atoms with E-state index in [1.165, 1.54) is 12.7 Å². The van der Waals surface area contributed by atoms with Gasteiger partial charge in [-0.3, -0.25) is 29.1 Å². The number of hydrogen-bond acceptors (Lipinski definition) is 13. The van der Waals surface area contributed by atoms with Gasteiger partial charge in [-0.2, -0.15) is 0 Å². The lowest BCUT2D eigenvalue weighted by atomic mass is 9.84. The Hall–Kier alpha value is -9.30. The average Bonchev–Trinajstić information content (AvgIpc) is 1.60. The SMILES string of the molecule is CC[C@H]1c2cc3[nH]c4c(c3C)C(=O)C(C(=O)OC)c4c3nc(cc4[nH]c(cc(n2)[C@@H]1C)c(C(C)=O)c4C)[C@@H](C)[C@@H]3CCC(=O)NCCCC(NC(=O)Oc1ccc(-c2nc3cc(-c4nc5ccc(C6CCN(C)CC6)cc5[nH]4)ccc3[nH]2)cc1)C(=O)O. The van der Waals surface area contributed by atoms with Gasteiger partial charge in [0.2, 0.25) is 5.91 Å². The van der Waals surface area contributed by atoms with Crippen LogP contribution in [0.1, 0.15) is 174 Å². The minimum absolute atomic E-state index is 0.00964. The molecule has 448 valence electrons. The van der Waals surface area contributed by atoms with E-state index in [0.29, 0.717) is 67.5 Å². The van der Waals surface area contributed by atoms with E-state index in [1.807, 2.05) is 57.2 Å². The van der Waals surface area contributed by atoms with E-state index in [-0.39, 0.29) is 67.4 Å². The summed E-state index contributed by atoms with van der Waals surface area (Å²) in [6, 6.07) is 23.7. The molecule has 8 aromatic rings. The fourth-order valence-corrected chi connectivity index (χ4v) is 13.5. The fourth-order valence-electron chi connectivity index (χ4n) is 13.5. The van der Waals surface area contributed by atoms with Crippen molar-refractivity contribution >= 4 is 79.6 Å². The van der Waals surface area contributed by atoms with Gasteiger partial charge in [-0.25, -0.2) is 19.6 Å². The Morgan fingerprint density at radius 2 is 1.43 bits per heavy atom. The number of Topliss-reactive ketones (excluding diaryl/α,β-unsaturated/α-hetero) is 2. The number of carbonyl (C=O) groups excluding carboxylic acids is 5. The van der Waals surface area contributed by atoms with E-state index in [0.717, 1.165) is 88.3 Å². The molecule has 8 heterocycles. The number of nitrogens with zero attached hydrogens (tertiary/aromatic N) is 5. The van der Waals surface area contributed by atoms with Gasteiger partial charge in [-0.15, -0.1) is 0 Å². The first-order chi connectivity index (χ1) is 41.8. The van der Waals surface area contributed by atoms with Crippen LogP contribution in [0, 0.1) is 13.8 Å². The summed E-state index contributed by atoms with van der Waals surface area (Å²) < 4.78 is 10.8. The van der Waals surface area contributed by atoms with Crippen LogP contribution in [-0.4, -0.2) is 125 Å². The van der Waals surface area contributed by atoms with Crippen LogP contribution in [0.15, 0.2) is 78.9 Å². The largest absolute Gasteiger partial charge is 0.480 e. The maximum Gasteiger partial charge on any atom is 0.413 e. The molecule has 0 spiro atoms. The minimum atomic E-state index is -1.31. The molecule has 3 aromatic carbocycles. The number of hydrogen-bond donors (Lipinski definition) is 7. The predicted molar refractivity (Wildman–Crippen MR) is 330 cm³/mol. The number of H-pyrrole nitrogens is 4. The lowest BCUT2D eigenvalue weighted by molar-refractivity contribution is -0.141. The van der Waals surface area contributed by atoms with E-state index in [9.17, 15) is 33.9 Å². The Bertz CT molecular complexity index is 4280. The van der Waals surface area contributed by atoms with Crippen LogP contribution in [0.4, 0.5) is 4.79 Å².